The molecule has 3 N–H and O–H groups in total. The molecular formula is C12H8BrF3N2O2. The van der Waals surface area contributed by atoms with Crippen molar-refractivity contribution in [2.75, 3.05) is 11.1 Å². The fourth-order valence-electron chi connectivity index (χ4n) is 1.55. The Bertz CT molecular complexity index is 652. The van der Waals surface area contributed by atoms with E-state index in [0.29, 0.717) is 0 Å². The van der Waals surface area contributed by atoms with E-state index in [1.54, 1.807) is 0 Å². The molecule has 0 saturated carbocycles. The minimum absolute atomic E-state index is 0.0418. The molecule has 4 nitrogen and oxygen atoms in total. The Kier molecular flexibility index (Phi) is 3.76. The number of amides is 1. The van der Waals surface area contributed by atoms with E-state index in [0.717, 1.165) is 12.1 Å². The molecule has 0 aliphatic carbocycles. The highest BCUT2D eigenvalue weighted by molar-refractivity contribution is 9.10. The predicted octanol–water partition coefficient (Wildman–Crippen LogP) is 3.90. The van der Waals surface area contributed by atoms with E-state index in [-0.39, 0.29) is 21.6 Å². The van der Waals surface area contributed by atoms with E-state index >= 15 is 0 Å². The Hall–Kier alpha value is -1.96. The highest BCUT2D eigenvalue weighted by atomic mass is 79.9. The molecule has 0 aliphatic heterocycles. The molecule has 0 fully saturated rings. The summed E-state index contributed by atoms with van der Waals surface area (Å²) in [5, 5.41) is 2.18. The molecule has 0 aliphatic rings. The molecular weight excluding hydrogens is 341 g/mol. The SMILES string of the molecule is Nc1ccc(NC(=O)c2ccoc2Br)c(C(F)(F)F)c1. The number of rotatable bonds is 2. The fraction of sp³-hybridized carbons (Fsp3) is 0.0833. The minimum atomic E-state index is -4.62. The summed E-state index contributed by atoms with van der Waals surface area (Å²) in [5.74, 6) is -0.721. The zero-order valence-corrected chi connectivity index (χ0v) is 11.4. The van der Waals surface area contributed by atoms with Crippen LogP contribution < -0.4 is 11.1 Å². The van der Waals surface area contributed by atoms with Crippen LogP contribution in [0.25, 0.3) is 0 Å². The summed E-state index contributed by atoms with van der Waals surface area (Å²) in [4.78, 5) is 11.9. The maximum atomic E-state index is 12.9. The van der Waals surface area contributed by atoms with Gasteiger partial charge in [-0.25, -0.2) is 0 Å². The quantitative estimate of drug-likeness (QED) is 0.809. The van der Waals surface area contributed by atoms with Gasteiger partial charge < -0.3 is 15.5 Å². The molecule has 0 bridgehead atoms. The number of carbonyl (C=O) groups is 1. The molecule has 0 radical (unpaired) electrons. The Morgan fingerprint density at radius 3 is 2.55 bits per heavy atom. The molecule has 1 heterocycles. The standard InChI is InChI=1S/C12H8BrF3N2O2/c13-10-7(3-4-20-10)11(19)18-9-2-1-6(17)5-8(9)12(14,15)16/h1-5H,17H2,(H,18,19). The summed E-state index contributed by atoms with van der Waals surface area (Å²) in [6.45, 7) is 0. The number of nitrogens with two attached hydrogens (primary N) is 1. The van der Waals surface area contributed by atoms with E-state index in [1.807, 2.05) is 0 Å². The van der Waals surface area contributed by atoms with Gasteiger partial charge in [-0.15, -0.1) is 0 Å². The Morgan fingerprint density at radius 1 is 1.30 bits per heavy atom. The second kappa shape index (κ2) is 5.20. The van der Waals surface area contributed by atoms with Crippen LogP contribution in [0.3, 0.4) is 0 Å². The zero-order valence-electron chi connectivity index (χ0n) is 9.79. The van der Waals surface area contributed by atoms with Crippen molar-refractivity contribution >= 4 is 33.2 Å². The first kappa shape index (κ1) is 14.4. The van der Waals surface area contributed by atoms with Crippen molar-refractivity contribution in [1.29, 1.82) is 0 Å². The third-order valence-electron chi connectivity index (χ3n) is 2.46. The molecule has 0 atom stereocenters. The van der Waals surface area contributed by atoms with Crippen molar-refractivity contribution in [2.45, 2.75) is 6.18 Å². The number of nitrogen functional groups attached to an aromatic ring is 1. The molecule has 1 aromatic carbocycles. The van der Waals surface area contributed by atoms with Crippen molar-refractivity contribution < 1.29 is 22.4 Å². The van der Waals surface area contributed by atoms with Crippen molar-refractivity contribution in [3.8, 4) is 0 Å². The number of carbonyl (C=O) groups excluding carboxylic acids is 1. The first-order valence-electron chi connectivity index (χ1n) is 5.30. The topological polar surface area (TPSA) is 68.3 Å². The lowest BCUT2D eigenvalue weighted by molar-refractivity contribution is -0.136. The molecule has 8 heteroatoms. The highest BCUT2D eigenvalue weighted by Gasteiger charge is 2.34. The van der Waals surface area contributed by atoms with Gasteiger partial charge in [0.1, 0.15) is 0 Å². The highest BCUT2D eigenvalue weighted by Crippen LogP contribution is 2.36. The summed E-state index contributed by atoms with van der Waals surface area (Å²) in [5.41, 5.74) is 4.01. The Balaban J connectivity index is 2.35. The minimum Gasteiger partial charge on any atom is -0.457 e. The van der Waals surface area contributed by atoms with E-state index in [1.165, 1.54) is 18.4 Å². The predicted molar refractivity (Wildman–Crippen MR) is 70.2 cm³/mol. The number of hydrogen-bond acceptors (Lipinski definition) is 3. The molecule has 0 spiro atoms. The van der Waals surface area contributed by atoms with E-state index < -0.39 is 17.6 Å². The smallest absolute Gasteiger partial charge is 0.418 e. The van der Waals surface area contributed by atoms with E-state index in [9.17, 15) is 18.0 Å². The van der Waals surface area contributed by atoms with Gasteiger partial charge in [-0.3, -0.25) is 4.79 Å². The first-order valence-corrected chi connectivity index (χ1v) is 6.09. The number of hydrogen-bond donors (Lipinski definition) is 2. The molecule has 1 aromatic heterocycles. The van der Waals surface area contributed by atoms with Crippen LogP contribution in [0.5, 0.6) is 0 Å². The molecule has 0 saturated heterocycles. The van der Waals surface area contributed by atoms with Crippen LogP contribution in [-0.2, 0) is 6.18 Å². The molecule has 2 rings (SSSR count). The van der Waals surface area contributed by atoms with Gasteiger partial charge in [0.15, 0.2) is 4.67 Å². The molecule has 2 aromatic rings. The summed E-state index contributed by atoms with van der Waals surface area (Å²) in [6, 6.07) is 4.48. The van der Waals surface area contributed by atoms with Gasteiger partial charge in [-0.05, 0) is 40.2 Å². The first-order chi connectivity index (χ1) is 9.29. The van der Waals surface area contributed by atoms with Crippen molar-refractivity contribution in [2.24, 2.45) is 0 Å². The summed E-state index contributed by atoms with van der Waals surface area (Å²) >= 11 is 2.98. The third kappa shape index (κ3) is 2.96. The maximum absolute atomic E-state index is 12.9. The van der Waals surface area contributed by atoms with Gasteiger partial charge in [0.25, 0.3) is 5.91 Å². The lowest BCUT2D eigenvalue weighted by atomic mass is 10.1. The second-order valence-electron chi connectivity index (χ2n) is 3.86. The van der Waals surface area contributed by atoms with Gasteiger partial charge >= 0.3 is 6.18 Å². The van der Waals surface area contributed by atoms with Crippen LogP contribution in [-0.4, -0.2) is 5.91 Å². The molecule has 0 unspecified atom stereocenters. The van der Waals surface area contributed by atoms with Crippen molar-refractivity contribution in [1.82, 2.24) is 0 Å². The Labute approximate surface area is 119 Å². The van der Waals surface area contributed by atoms with Crippen molar-refractivity contribution in [3.05, 3.63) is 46.3 Å². The average molecular weight is 349 g/mol. The number of anilines is 2. The van der Waals surface area contributed by atoms with Crippen LogP contribution in [0.2, 0.25) is 0 Å². The van der Waals surface area contributed by atoms with Crippen LogP contribution in [0.1, 0.15) is 15.9 Å². The number of nitrogens with one attached hydrogen (secondary N) is 1. The summed E-state index contributed by atoms with van der Waals surface area (Å²) in [6.07, 6.45) is -3.38. The normalized spacial score (nSPS) is 11.4. The average Bonchev–Trinajstić information content (AvgIpc) is 2.76. The second-order valence-corrected chi connectivity index (χ2v) is 4.59. The number of furan rings is 1. The lowest BCUT2D eigenvalue weighted by Gasteiger charge is -2.14. The van der Waals surface area contributed by atoms with Gasteiger partial charge in [0.2, 0.25) is 0 Å². The fourth-order valence-corrected chi connectivity index (χ4v) is 1.97. The largest absolute Gasteiger partial charge is 0.457 e. The maximum Gasteiger partial charge on any atom is 0.418 e. The summed E-state index contributed by atoms with van der Waals surface area (Å²) < 4.78 is 43.6. The Morgan fingerprint density at radius 2 is 2.00 bits per heavy atom. The zero-order chi connectivity index (χ0) is 14.9. The van der Waals surface area contributed by atoms with E-state index in [2.05, 4.69) is 21.2 Å². The molecule has 1 amide bonds. The van der Waals surface area contributed by atoms with Gasteiger partial charge in [-0.1, -0.05) is 0 Å². The number of benzene rings is 1. The van der Waals surface area contributed by atoms with Crippen LogP contribution in [0.15, 0.2) is 39.6 Å². The number of alkyl halides is 3. The number of halogens is 4. The lowest BCUT2D eigenvalue weighted by Crippen LogP contribution is -2.16. The molecule has 20 heavy (non-hydrogen) atoms. The van der Waals surface area contributed by atoms with E-state index in [4.69, 9.17) is 10.2 Å². The molecule has 106 valence electrons. The third-order valence-corrected chi connectivity index (χ3v) is 3.07. The summed E-state index contributed by atoms with van der Waals surface area (Å²) in [7, 11) is 0. The van der Waals surface area contributed by atoms with Gasteiger partial charge in [0, 0.05) is 5.69 Å². The van der Waals surface area contributed by atoms with Crippen LogP contribution in [0.4, 0.5) is 24.5 Å². The van der Waals surface area contributed by atoms with Gasteiger partial charge in [0.05, 0.1) is 23.1 Å². The van der Waals surface area contributed by atoms with Gasteiger partial charge in [-0.2, -0.15) is 13.2 Å². The monoisotopic (exact) mass is 348 g/mol. The van der Waals surface area contributed by atoms with Crippen LogP contribution in [0, 0.1) is 0 Å². The van der Waals surface area contributed by atoms with Crippen molar-refractivity contribution in [3.63, 3.8) is 0 Å². The van der Waals surface area contributed by atoms with Crippen LogP contribution >= 0.6 is 15.9 Å².